The second-order valence-electron chi connectivity index (χ2n) is 5.02. The standard InChI is InChI=1S/C17H19BrClNO/c1-10-8-16(21-4)13(9-14(10)18)17(20-3)12-6-5-7-15(19)11(12)2/h5-9,17,20H,1-4H3. The Bertz CT molecular complexity index is 657. The van der Waals surface area contributed by atoms with E-state index in [9.17, 15) is 0 Å². The monoisotopic (exact) mass is 367 g/mol. The van der Waals surface area contributed by atoms with E-state index < -0.39 is 0 Å². The summed E-state index contributed by atoms with van der Waals surface area (Å²) in [5.74, 6) is 0.870. The van der Waals surface area contributed by atoms with Gasteiger partial charge in [-0.05, 0) is 55.8 Å². The van der Waals surface area contributed by atoms with Gasteiger partial charge in [0.25, 0.3) is 0 Å². The Labute approximate surface area is 139 Å². The summed E-state index contributed by atoms with van der Waals surface area (Å²) in [6.07, 6.45) is 0. The van der Waals surface area contributed by atoms with Crippen molar-refractivity contribution in [2.24, 2.45) is 0 Å². The number of benzene rings is 2. The van der Waals surface area contributed by atoms with Crippen LogP contribution in [0.4, 0.5) is 0 Å². The summed E-state index contributed by atoms with van der Waals surface area (Å²) in [5.41, 5.74) is 4.47. The zero-order valence-electron chi connectivity index (χ0n) is 12.6. The summed E-state index contributed by atoms with van der Waals surface area (Å²) in [7, 11) is 3.64. The Morgan fingerprint density at radius 3 is 2.52 bits per heavy atom. The number of ether oxygens (including phenoxy) is 1. The maximum absolute atomic E-state index is 6.26. The maximum Gasteiger partial charge on any atom is 0.124 e. The molecule has 21 heavy (non-hydrogen) atoms. The average Bonchev–Trinajstić information content (AvgIpc) is 2.47. The summed E-state index contributed by atoms with van der Waals surface area (Å²) in [4.78, 5) is 0. The molecule has 0 aliphatic carbocycles. The molecule has 1 N–H and O–H groups in total. The van der Waals surface area contributed by atoms with Crippen molar-refractivity contribution < 1.29 is 4.74 Å². The summed E-state index contributed by atoms with van der Waals surface area (Å²) in [6, 6.07) is 10.2. The molecule has 0 heterocycles. The first kappa shape index (κ1) is 16.3. The van der Waals surface area contributed by atoms with Crippen LogP contribution in [-0.2, 0) is 0 Å². The van der Waals surface area contributed by atoms with Gasteiger partial charge in [0.2, 0.25) is 0 Å². The molecule has 112 valence electrons. The average molecular weight is 369 g/mol. The fraction of sp³-hybridized carbons (Fsp3) is 0.294. The van der Waals surface area contributed by atoms with Crippen molar-refractivity contribution in [3.63, 3.8) is 0 Å². The Kier molecular flexibility index (Phi) is 5.31. The van der Waals surface area contributed by atoms with Crippen LogP contribution in [-0.4, -0.2) is 14.2 Å². The maximum atomic E-state index is 6.26. The molecule has 4 heteroatoms. The summed E-state index contributed by atoms with van der Waals surface area (Å²) in [5, 5.41) is 4.14. The quantitative estimate of drug-likeness (QED) is 0.816. The van der Waals surface area contributed by atoms with Gasteiger partial charge < -0.3 is 10.1 Å². The largest absolute Gasteiger partial charge is 0.496 e. The number of hydrogen-bond acceptors (Lipinski definition) is 2. The van der Waals surface area contributed by atoms with Gasteiger partial charge in [-0.2, -0.15) is 0 Å². The van der Waals surface area contributed by atoms with Crippen LogP contribution in [0.15, 0.2) is 34.8 Å². The third-order valence-electron chi connectivity index (χ3n) is 3.73. The van der Waals surface area contributed by atoms with Gasteiger partial charge in [-0.15, -0.1) is 0 Å². The van der Waals surface area contributed by atoms with E-state index in [1.165, 1.54) is 0 Å². The molecule has 2 aromatic carbocycles. The summed E-state index contributed by atoms with van der Waals surface area (Å²) < 4.78 is 6.63. The molecule has 0 aromatic heterocycles. The Morgan fingerprint density at radius 2 is 1.90 bits per heavy atom. The van der Waals surface area contributed by atoms with Gasteiger partial charge in [0.05, 0.1) is 13.2 Å². The van der Waals surface area contributed by atoms with Crippen LogP contribution in [0.1, 0.15) is 28.3 Å². The molecule has 0 aliphatic rings. The molecule has 0 saturated heterocycles. The first-order chi connectivity index (χ1) is 9.99. The predicted molar refractivity (Wildman–Crippen MR) is 92.5 cm³/mol. The van der Waals surface area contributed by atoms with Gasteiger partial charge in [0.15, 0.2) is 0 Å². The van der Waals surface area contributed by atoms with E-state index in [0.29, 0.717) is 0 Å². The lowest BCUT2D eigenvalue weighted by Crippen LogP contribution is -2.19. The summed E-state index contributed by atoms with van der Waals surface area (Å²) >= 11 is 9.87. The number of nitrogens with one attached hydrogen (secondary N) is 1. The van der Waals surface area contributed by atoms with Gasteiger partial charge >= 0.3 is 0 Å². The minimum absolute atomic E-state index is 0.0237. The highest BCUT2D eigenvalue weighted by Crippen LogP contribution is 2.36. The van der Waals surface area contributed by atoms with Crippen LogP contribution < -0.4 is 10.1 Å². The highest BCUT2D eigenvalue weighted by molar-refractivity contribution is 9.10. The van der Waals surface area contributed by atoms with Crippen molar-refractivity contribution in [2.45, 2.75) is 19.9 Å². The highest BCUT2D eigenvalue weighted by atomic mass is 79.9. The number of aryl methyl sites for hydroxylation is 1. The zero-order valence-corrected chi connectivity index (χ0v) is 15.0. The Morgan fingerprint density at radius 1 is 1.19 bits per heavy atom. The number of methoxy groups -OCH3 is 1. The zero-order chi connectivity index (χ0) is 15.6. The van der Waals surface area contributed by atoms with Crippen molar-refractivity contribution >= 4 is 27.5 Å². The third kappa shape index (κ3) is 3.25. The molecular weight excluding hydrogens is 350 g/mol. The van der Waals surface area contributed by atoms with E-state index in [2.05, 4.69) is 40.3 Å². The molecule has 2 nitrogen and oxygen atoms in total. The lowest BCUT2D eigenvalue weighted by Gasteiger charge is -2.23. The van der Waals surface area contributed by atoms with E-state index in [1.807, 2.05) is 32.2 Å². The molecule has 0 bridgehead atoms. The number of halogens is 2. The van der Waals surface area contributed by atoms with E-state index >= 15 is 0 Å². The van der Waals surface area contributed by atoms with Crippen LogP contribution in [0.2, 0.25) is 5.02 Å². The fourth-order valence-electron chi connectivity index (χ4n) is 2.49. The van der Waals surface area contributed by atoms with Crippen molar-refractivity contribution in [1.82, 2.24) is 5.32 Å². The minimum atomic E-state index is 0.0237. The third-order valence-corrected chi connectivity index (χ3v) is 5.00. The smallest absolute Gasteiger partial charge is 0.124 e. The number of rotatable bonds is 4. The second-order valence-corrected chi connectivity index (χ2v) is 6.28. The molecule has 0 amide bonds. The molecule has 0 fully saturated rings. The van der Waals surface area contributed by atoms with Gasteiger partial charge in [-0.25, -0.2) is 0 Å². The van der Waals surface area contributed by atoms with Crippen molar-refractivity contribution in [1.29, 1.82) is 0 Å². The Balaban J connectivity index is 2.61. The highest BCUT2D eigenvalue weighted by Gasteiger charge is 2.20. The molecule has 0 spiro atoms. The first-order valence-electron chi connectivity index (χ1n) is 6.76. The molecule has 1 atom stereocenters. The molecular formula is C17H19BrClNO. The van der Waals surface area contributed by atoms with Gasteiger partial charge in [-0.3, -0.25) is 0 Å². The van der Waals surface area contributed by atoms with Crippen LogP contribution in [0.3, 0.4) is 0 Å². The van der Waals surface area contributed by atoms with E-state index in [4.69, 9.17) is 16.3 Å². The summed E-state index contributed by atoms with van der Waals surface area (Å²) in [6.45, 7) is 4.09. The van der Waals surface area contributed by atoms with Gasteiger partial charge in [0, 0.05) is 15.1 Å². The van der Waals surface area contributed by atoms with Crippen LogP contribution >= 0.6 is 27.5 Å². The fourth-order valence-corrected chi connectivity index (χ4v) is 3.03. The molecule has 0 saturated carbocycles. The van der Waals surface area contributed by atoms with Crippen LogP contribution in [0, 0.1) is 13.8 Å². The minimum Gasteiger partial charge on any atom is -0.496 e. The van der Waals surface area contributed by atoms with Crippen LogP contribution in [0.25, 0.3) is 0 Å². The van der Waals surface area contributed by atoms with Gasteiger partial charge in [-0.1, -0.05) is 39.7 Å². The first-order valence-corrected chi connectivity index (χ1v) is 7.93. The SMILES string of the molecule is CNC(c1cc(Br)c(C)cc1OC)c1cccc(Cl)c1C. The van der Waals surface area contributed by atoms with E-state index in [-0.39, 0.29) is 6.04 Å². The van der Waals surface area contributed by atoms with E-state index in [1.54, 1.807) is 7.11 Å². The lowest BCUT2D eigenvalue weighted by atomic mass is 9.93. The molecule has 0 aliphatic heterocycles. The van der Waals surface area contributed by atoms with Crippen molar-refractivity contribution in [3.05, 3.63) is 62.1 Å². The van der Waals surface area contributed by atoms with Crippen molar-refractivity contribution in [3.8, 4) is 5.75 Å². The van der Waals surface area contributed by atoms with Crippen molar-refractivity contribution in [2.75, 3.05) is 14.2 Å². The van der Waals surface area contributed by atoms with E-state index in [0.717, 1.165) is 37.5 Å². The predicted octanol–water partition coefficient (Wildman–Crippen LogP) is 5.04. The van der Waals surface area contributed by atoms with Crippen LogP contribution in [0.5, 0.6) is 5.75 Å². The molecule has 1 unspecified atom stereocenters. The second kappa shape index (κ2) is 6.82. The van der Waals surface area contributed by atoms with Gasteiger partial charge in [0.1, 0.15) is 5.75 Å². The topological polar surface area (TPSA) is 21.3 Å². The molecule has 0 radical (unpaired) electrons. The molecule has 2 aromatic rings. The Hall–Kier alpha value is -1.03. The molecule has 2 rings (SSSR count). The number of hydrogen-bond donors (Lipinski definition) is 1. The lowest BCUT2D eigenvalue weighted by molar-refractivity contribution is 0.405. The normalized spacial score (nSPS) is 12.3.